The van der Waals surface area contributed by atoms with Crippen LogP contribution in [0, 0.1) is 11.3 Å². The van der Waals surface area contributed by atoms with E-state index in [2.05, 4.69) is 32.6 Å². The first-order valence-electron chi connectivity index (χ1n) is 6.95. The van der Waals surface area contributed by atoms with Gasteiger partial charge in [0, 0.05) is 13.1 Å². The lowest BCUT2D eigenvalue weighted by Gasteiger charge is -2.31. The topological polar surface area (TPSA) is 20.3 Å². The zero-order chi connectivity index (χ0) is 12.2. The predicted octanol–water partition coefficient (Wildman–Crippen LogP) is 3.46. The number of amides is 1. The molecule has 1 heterocycles. The molecule has 0 aromatic rings. The second kappa shape index (κ2) is 5.70. The van der Waals surface area contributed by atoms with Crippen molar-refractivity contribution in [1.29, 1.82) is 0 Å². The van der Waals surface area contributed by atoms with E-state index in [-0.39, 0.29) is 5.41 Å². The van der Waals surface area contributed by atoms with Gasteiger partial charge in [0.05, 0.1) is 5.41 Å². The van der Waals surface area contributed by atoms with E-state index in [1.54, 1.807) is 0 Å². The Morgan fingerprint density at radius 1 is 1.25 bits per heavy atom. The summed E-state index contributed by atoms with van der Waals surface area (Å²) in [5.41, 5.74) is -0.0291. The number of hydrogen-bond acceptors (Lipinski definition) is 1. The third kappa shape index (κ3) is 2.11. The van der Waals surface area contributed by atoms with Crippen LogP contribution in [-0.4, -0.2) is 23.9 Å². The molecular formula is C14H27NO. The fraction of sp³-hybridized carbons (Fsp3) is 0.929. The Hall–Kier alpha value is -0.530. The highest BCUT2D eigenvalue weighted by Crippen LogP contribution is 2.45. The summed E-state index contributed by atoms with van der Waals surface area (Å²) < 4.78 is 0. The van der Waals surface area contributed by atoms with Crippen LogP contribution in [0.4, 0.5) is 0 Å². The number of hydrogen-bond donors (Lipinski definition) is 0. The molecule has 1 saturated heterocycles. The SMILES string of the molecule is CCCN1CC(CC)C(CC)(CCC)C1=O. The van der Waals surface area contributed by atoms with Gasteiger partial charge in [-0.1, -0.05) is 40.5 Å². The Balaban J connectivity index is 2.90. The number of carbonyl (C=O) groups excluding carboxylic acids is 1. The maximum atomic E-state index is 12.5. The first kappa shape index (κ1) is 13.5. The smallest absolute Gasteiger partial charge is 0.229 e. The molecule has 1 aliphatic rings. The van der Waals surface area contributed by atoms with E-state index in [9.17, 15) is 4.79 Å². The molecule has 0 aliphatic carbocycles. The van der Waals surface area contributed by atoms with Crippen LogP contribution in [0.15, 0.2) is 0 Å². The van der Waals surface area contributed by atoms with Gasteiger partial charge in [-0.3, -0.25) is 4.79 Å². The standard InChI is InChI=1S/C14H27NO/c1-5-9-14(8-4)12(7-3)11-15(10-6-2)13(14)16/h12H,5-11H2,1-4H3. The third-order valence-electron chi connectivity index (χ3n) is 4.25. The third-order valence-corrected chi connectivity index (χ3v) is 4.25. The summed E-state index contributed by atoms with van der Waals surface area (Å²) >= 11 is 0. The quantitative estimate of drug-likeness (QED) is 0.678. The second-order valence-electron chi connectivity index (χ2n) is 5.12. The largest absolute Gasteiger partial charge is 0.342 e. The van der Waals surface area contributed by atoms with Crippen LogP contribution in [0.25, 0.3) is 0 Å². The second-order valence-corrected chi connectivity index (χ2v) is 5.12. The monoisotopic (exact) mass is 225 g/mol. The van der Waals surface area contributed by atoms with Crippen molar-refractivity contribution in [2.75, 3.05) is 13.1 Å². The average molecular weight is 225 g/mol. The van der Waals surface area contributed by atoms with E-state index in [0.29, 0.717) is 11.8 Å². The molecular weight excluding hydrogens is 198 g/mol. The minimum absolute atomic E-state index is 0.0291. The van der Waals surface area contributed by atoms with E-state index >= 15 is 0 Å². The maximum absolute atomic E-state index is 12.5. The highest BCUT2D eigenvalue weighted by atomic mass is 16.2. The Labute approximate surface area is 100 Å². The van der Waals surface area contributed by atoms with Crippen molar-refractivity contribution in [1.82, 2.24) is 4.90 Å². The van der Waals surface area contributed by atoms with Crippen molar-refractivity contribution in [2.45, 2.75) is 59.8 Å². The van der Waals surface area contributed by atoms with Crippen LogP contribution in [0.1, 0.15) is 59.8 Å². The molecule has 2 heteroatoms. The van der Waals surface area contributed by atoms with Gasteiger partial charge >= 0.3 is 0 Å². The maximum Gasteiger partial charge on any atom is 0.229 e. The first-order chi connectivity index (χ1) is 7.66. The van der Waals surface area contributed by atoms with Gasteiger partial charge in [0.25, 0.3) is 0 Å². The van der Waals surface area contributed by atoms with E-state index < -0.39 is 0 Å². The molecule has 0 aromatic carbocycles. The predicted molar refractivity (Wildman–Crippen MR) is 68.3 cm³/mol. The lowest BCUT2D eigenvalue weighted by molar-refractivity contribution is -0.137. The fourth-order valence-electron chi connectivity index (χ4n) is 3.37. The number of rotatable bonds is 6. The Kier molecular flexibility index (Phi) is 4.82. The molecule has 0 N–H and O–H groups in total. The van der Waals surface area contributed by atoms with E-state index in [0.717, 1.165) is 45.2 Å². The molecule has 0 saturated carbocycles. The lowest BCUT2D eigenvalue weighted by Crippen LogP contribution is -2.36. The van der Waals surface area contributed by atoms with Crippen LogP contribution in [-0.2, 0) is 4.79 Å². The van der Waals surface area contributed by atoms with Crippen molar-refractivity contribution in [3.8, 4) is 0 Å². The molecule has 1 amide bonds. The average Bonchev–Trinajstić information content (AvgIpc) is 2.55. The number of nitrogens with zero attached hydrogens (tertiary/aromatic N) is 1. The van der Waals surface area contributed by atoms with E-state index in [4.69, 9.17) is 0 Å². The van der Waals surface area contributed by atoms with Gasteiger partial charge in [-0.2, -0.15) is 0 Å². The molecule has 0 spiro atoms. The first-order valence-corrected chi connectivity index (χ1v) is 6.95. The highest BCUT2D eigenvalue weighted by molar-refractivity contribution is 5.85. The zero-order valence-electron chi connectivity index (χ0n) is 11.4. The van der Waals surface area contributed by atoms with Crippen LogP contribution < -0.4 is 0 Å². The van der Waals surface area contributed by atoms with Crippen molar-refractivity contribution < 1.29 is 4.79 Å². The normalized spacial score (nSPS) is 30.1. The van der Waals surface area contributed by atoms with Crippen LogP contribution in [0.5, 0.6) is 0 Å². The van der Waals surface area contributed by atoms with Crippen molar-refractivity contribution in [3.63, 3.8) is 0 Å². The van der Waals surface area contributed by atoms with Gasteiger partial charge in [-0.25, -0.2) is 0 Å². The Bertz CT molecular complexity index is 239. The molecule has 2 atom stereocenters. The lowest BCUT2D eigenvalue weighted by atomic mass is 9.71. The van der Waals surface area contributed by atoms with Gasteiger partial charge in [0.2, 0.25) is 5.91 Å². The summed E-state index contributed by atoms with van der Waals surface area (Å²) in [6.45, 7) is 10.7. The summed E-state index contributed by atoms with van der Waals surface area (Å²) in [5, 5.41) is 0. The van der Waals surface area contributed by atoms with Crippen LogP contribution in [0.2, 0.25) is 0 Å². The van der Waals surface area contributed by atoms with Crippen molar-refractivity contribution in [2.24, 2.45) is 11.3 Å². The van der Waals surface area contributed by atoms with Gasteiger partial charge in [0.15, 0.2) is 0 Å². The summed E-state index contributed by atoms with van der Waals surface area (Å²) in [6.07, 6.45) is 5.42. The molecule has 1 aliphatic heterocycles. The summed E-state index contributed by atoms with van der Waals surface area (Å²) in [6, 6.07) is 0. The van der Waals surface area contributed by atoms with Gasteiger partial charge in [-0.15, -0.1) is 0 Å². The van der Waals surface area contributed by atoms with Crippen LogP contribution in [0.3, 0.4) is 0 Å². The molecule has 1 fully saturated rings. The minimum Gasteiger partial charge on any atom is -0.342 e. The van der Waals surface area contributed by atoms with Crippen LogP contribution >= 0.6 is 0 Å². The number of likely N-dealkylation sites (tertiary alicyclic amines) is 1. The zero-order valence-corrected chi connectivity index (χ0v) is 11.4. The molecule has 94 valence electrons. The van der Waals surface area contributed by atoms with Crippen molar-refractivity contribution >= 4 is 5.91 Å². The molecule has 0 aromatic heterocycles. The molecule has 0 bridgehead atoms. The minimum atomic E-state index is -0.0291. The van der Waals surface area contributed by atoms with Gasteiger partial charge in [-0.05, 0) is 25.2 Å². The van der Waals surface area contributed by atoms with E-state index in [1.807, 2.05) is 0 Å². The summed E-state index contributed by atoms with van der Waals surface area (Å²) in [4.78, 5) is 14.6. The molecule has 0 radical (unpaired) electrons. The Morgan fingerprint density at radius 3 is 2.38 bits per heavy atom. The van der Waals surface area contributed by atoms with Crippen molar-refractivity contribution in [3.05, 3.63) is 0 Å². The molecule has 16 heavy (non-hydrogen) atoms. The van der Waals surface area contributed by atoms with Gasteiger partial charge < -0.3 is 4.90 Å². The fourth-order valence-corrected chi connectivity index (χ4v) is 3.37. The van der Waals surface area contributed by atoms with Gasteiger partial charge in [0.1, 0.15) is 0 Å². The Morgan fingerprint density at radius 2 is 1.94 bits per heavy atom. The molecule has 1 rings (SSSR count). The van der Waals surface area contributed by atoms with E-state index in [1.165, 1.54) is 0 Å². The molecule has 2 unspecified atom stereocenters. The molecule has 2 nitrogen and oxygen atoms in total. The summed E-state index contributed by atoms with van der Waals surface area (Å²) in [7, 11) is 0. The number of carbonyl (C=O) groups is 1. The highest BCUT2D eigenvalue weighted by Gasteiger charge is 2.50. The summed E-state index contributed by atoms with van der Waals surface area (Å²) in [5.74, 6) is 1.02.